The molecule has 4 rings (SSSR count). The fraction of sp³-hybridized carbons (Fsp3) is 0.727. The zero-order valence-corrected chi connectivity index (χ0v) is 18.0. The molecule has 9 heteroatoms. The molecule has 4 heterocycles. The summed E-state index contributed by atoms with van der Waals surface area (Å²) in [6.45, 7) is 6.37. The SMILES string of the molecule is CC(C)(C)C(O)O[C@@H]1C2C3CC(CC1N3Cc1ccccn1)CN2C(=O)CC(F)(F)F. The normalized spacial score (nSPS) is 31.8. The predicted octanol–water partition coefficient (Wildman–Crippen LogP) is 2.96. The average molecular weight is 441 g/mol. The number of piperidine rings is 2. The third-order valence-electron chi connectivity index (χ3n) is 6.70. The molecular weight excluding hydrogens is 411 g/mol. The van der Waals surface area contributed by atoms with Crippen LogP contribution in [0.1, 0.15) is 45.7 Å². The van der Waals surface area contributed by atoms with E-state index in [4.69, 9.17) is 4.74 Å². The number of hydrogen-bond donors (Lipinski definition) is 1. The number of aliphatic hydroxyl groups is 1. The van der Waals surface area contributed by atoms with E-state index in [0.29, 0.717) is 13.1 Å². The Balaban J connectivity index is 1.64. The number of amides is 1. The number of halogens is 3. The van der Waals surface area contributed by atoms with Gasteiger partial charge >= 0.3 is 6.18 Å². The number of hydrogen-bond acceptors (Lipinski definition) is 5. The largest absolute Gasteiger partial charge is 0.397 e. The molecule has 0 aromatic carbocycles. The summed E-state index contributed by atoms with van der Waals surface area (Å²) in [7, 11) is 0. The Morgan fingerprint density at radius 1 is 1.26 bits per heavy atom. The van der Waals surface area contributed by atoms with Crippen LogP contribution in [0.3, 0.4) is 0 Å². The smallest absolute Gasteiger partial charge is 0.367 e. The zero-order chi connectivity index (χ0) is 22.6. The first kappa shape index (κ1) is 22.5. The van der Waals surface area contributed by atoms with E-state index >= 15 is 0 Å². The van der Waals surface area contributed by atoms with Gasteiger partial charge in [-0.3, -0.25) is 14.7 Å². The molecule has 6 atom stereocenters. The molecule has 172 valence electrons. The predicted molar refractivity (Wildman–Crippen MR) is 107 cm³/mol. The monoisotopic (exact) mass is 441 g/mol. The summed E-state index contributed by atoms with van der Waals surface area (Å²) in [4.78, 5) is 20.7. The molecule has 3 saturated heterocycles. The first-order valence-corrected chi connectivity index (χ1v) is 10.8. The van der Waals surface area contributed by atoms with Crippen LogP contribution in [0.25, 0.3) is 0 Å². The quantitative estimate of drug-likeness (QED) is 0.712. The summed E-state index contributed by atoms with van der Waals surface area (Å²) in [5.41, 5.74) is 0.307. The van der Waals surface area contributed by atoms with Gasteiger partial charge in [-0.2, -0.15) is 13.2 Å². The van der Waals surface area contributed by atoms with Gasteiger partial charge in [-0.25, -0.2) is 0 Å². The van der Waals surface area contributed by atoms with Crippen molar-refractivity contribution in [1.29, 1.82) is 0 Å². The minimum absolute atomic E-state index is 0.0866. The zero-order valence-electron chi connectivity index (χ0n) is 18.0. The Hall–Kier alpha value is -1.71. The highest BCUT2D eigenvalue weighted by atomic mass is 19.4. The summed E-state index contributed by atoms with van der Waals surface area (Å²) < 4.78 is 45.1. The summed E-state index contributed by atoms with van der Waals surface area (Å²) in [6, 6.07) is 4.93. The standard InChI is InChI=1S/C22H30F3N3O3/c1-21(2,3)20(30)31-19-16-9-13-8-15(27(16)12-14-6-4-5-7-26-14)18(19)28(11-13)17(29)10-22(23,24)25/h4-7,13,15-16,18-20,30H,8-12H2,1-3H3/t13?,15?,16?,18?,19-,20?/m0/s1. The van der Waals surface area contributed by atoms with Gasteiger partial charge in [-0.15, -0.1) is 0 Å². The van der Waals surface area contributed by atoms with E-state index in [-0.39, 0.29) is 18.0 Å². The molecule has 3 aliphatic rings. The molecule has 3 bridgehead atoms. The van der Waals surface area contributed by atoms with Gasteiger partial charge < -0.3 is 14.7 Å². The molecule has 3 aliphatic heterocycles. The van der Waals surface area contributed by atoms with Crippen molar-refractivity contribution in [3.63, 3.8) is 0 Å². The number of rotatable bonds is 5. The third-order valence-corrected chi connectivity index (χ3v) is 6.70. The molecule has 1 aromatic rings. The molecule has 1 amide bonds. The molecular formula is C22H30F3N3O3. The van der Waals surface area contributed by atoms with Gasteiger partial charge in [-0.1, -0.05) is 26.8 Å². The van der Waals surface area contributed by atoms with E-state index in [1.807, 2.05) is 39.0 Å². The number of alkyl halides is 3. The molecule has 31 heavy (non-hydrogen) atoms. The van der Waals surface area contributed by atoms with Crippen LogP contribution in [-0.4, -0.2) is 69.0 Å². The third kappa shape index (κ3) is 4.59. The number of pyridine rings is 1. The molecule has 3 fully saturated rings. The maximum absolute atomic E-state index is 13.0. The van der Waals surface area contributed by atoms with Crippen molar-refractivity contribution in [1.82, 2.24) is 14.8 Å². The van der Waals surface area contributed by atoms with E-state index < -0.39 is 42.4 Å². The van der Waals surface area contributed by atoms with Crippen LogP contribution in [-0.2, 0) is 16.1 Å². The maximum atomic E-state index is 13.0. The lowest BCUT2D eigenvalue weighted by Gasteiger charge is -2.46. The second-order valence-corrected chi connectivity index (χ2v) is 10.1. The van der Waals surface area contributed by atoms with E-state index in [9.17, 15) is 23.1 Å². The fourth-order valence-electron chi connectivity index (χ4n) is 5.31. The second kappa shape index (κ2) is 8.01. The number of carbonyl (C=O) groups is 1. The van der Waals surface area contributed by atoms with Crippen LogP contribution >= 0.6 is 0 Å². The van der Waals surface area contributed by atoms with E-state index in [2.05, 4.69) is 9.88 Å². The van der Waals surface area contributed by atoms with E-state index in [0.717, 1.165) is 18.5 Å². The van der Waals surface area contributed by atoms with Crippen LogP contribution in [0.15, 0.2) is 24.4 Å². The minimum atomic E-state index is -4.56. The maximum Gasteiger partial charge on any atom is 0.397 e. The van der Waals surface area contributed by atoms with Gasteiger partial charge in [-0.05, 0) is 30.9 Å². The van der Waals surface area contributed by atoms with Crippen LogP contribution < -0.4 is 0 Å². The summed E-state index contributed by atoms with van der Waals surface area (Å²) in [6.07, 6.45) is -4.43. The van der Waals surface area contributed by atoms with Gasteiger partial charge in [0, 0.05) is 36.8 Å². The number of fused-ring (bicyclic) bond motifs is 2. The van der Waals surface area contributed by atoms with Crippen LogP contribution in [0, 0.1) is 11.3 Å². The van der Waals surface area contributed by atoms with Crippen molar-refractivity contribution >= 4 is 5.91 Å². The highest BCUT2D eigenvalue weighted by Crippen LogP contribution is 2.48. The summed E-state index contributed by atoms with van der Waals surface area (Å²) in [5.74, 6) is -0.782. The first-order valence-electron chi connectivity index (χ1n) is 10.8. The number of aromatic nitrogens is 1. The van der Waals surface area contributed by atoms with Crippen LogP contribution in [0.2, 0.25) is 0 Å². The number of nitrogens with zero attached hydrogens (tertiary/aromatic N) is 3. The molecule has 6 nitrogen and oxygen atoms in total. The molecule has 0 saturated carbocycles. The van der Waals surface area contributed by atoms with Crippen LogP contribution in [0.5, 0.6) is 0 Å². The van der Waals surface area contributed by atoms with Gasteiger partial charge in [0.05, 0.1) is 17.8 Å². The van der Waals surface area contributed by atoms with Gasteiger partial charge in [0.1, 0.15) is 6.42 Å². The van der Waals surface area contributed by atoms with Crippen molar-refractivity contribution < 1.29 is 27.8 Å². The molecule has 1 aromatic heterocycles. The molecule has 1 N–H and O–H groups in total. The minimum Gasteiger partial charge on any atom is -0.367 e. The molecule has 5 unspecified atom stereocenters. The fourth-order valence-corrected chi connectivity index (χ4v) is 5.31. The van der Waals surface area contributed by atoms with Gasteiger partial charge in [0.25, 0.3) is 0 Å². The average Bonchev–Trinajstić information content (AvgIpc) is 2.78. The highest BCUT2D eigenvalue weighted by Gasteiger charge is 2.60. The van der Waals surface area contributed by atoms with Crippen molar-refractivity contribution in [2.75, 3.05) is 6.54 Å². The van der Waals surface area contributed by atoms with Crippen molar-refractivity contribution in [2.45, 2.75) is 83.3 Å². The topological polar surface area (TPSA) is 65.9 Å². The Kier molecular flexibility index (Phi) is 5.81. The number of carbonyl (C=O) groups excluding carboxylic acids is 1. The molecule has 0 radical (unpaired) electrons. The summed E-state index contributed by atoms with van der Waals surface area (Å²) >= 11 is 0. The lowest BCUT2D eigenvalue weighted by molar-refractivity contribution is -0.202. The van der Waals surface area contributed by atoms with E-state index in [1.54, 1.807) is 6.20 Å². The van der Waals surface area contributed by atoms with Crippen molar-refractivity contribution in [3.8, 4) is 0 Å². The van der Waals surface area contributed by atoms with Gasteiger partial charge in [0.15, 0.2) is 6.29 Å². The summed E-state index contributed by atoms with van der Waals surface area (Å²) in [5, 5.41) is 10.6. The molecule has 0 spiro atoms. The first-order chi connectivity index (χ1) is 14.4. The molecule has 0 aliphatic carbocycles. The van der Waals surface area contributed by atoms with Crippen LogP contribution in [0.4, 0.5) is 13.2 Å². The Morgan fingerprint density at radius 3 is 2.58 bits per heavy atom. The van der Waals surface area contributed by atoms with Gasteiger partial charge in [0.2, 0.25) is 5.91 Å². The highest BCUT2D eigenvalue weighted by molar-refractivity contribution is 5.77. The number of aliphatic hydroxyl groups excluding tert-OH is 1. The van der Waals surface area contributed by atoms with Crippen molar-refractivity contribution in [2.24, 2.45) is 11.3 Å². The number of likely N-dealkylation sites (tertiary alicyclic amines) is 1. The van der Waals surface area contributed by atoms with Crippen molar-refractivity contribution in [3.05, 3.63) is 30.1 Å². The Labute approximate surface area is 180 Å². The van der Waals surface area contributed by atoms with E-state index in [1.165, 1.54) is 4.90 Å². The lowest BCUT2D eigenvalue weighted by Crippen LogP contribution is -2.58. The second-order valence-electron chi connectivity index (χ2n) is 10.1. The Morgan fingerprint density at radius 2 is 1.97 bits per heavy atom. The Bertz CT molecular complexity index is 799. The lowest BCUT2D eigenvalue weighted by atomic mass is 9.86. The number of ether oxygens (including phenoxy) is 1.